The molecule has 0 saturated heterocycles. The van der Waals surface area contributed by atoms with Gasteiger partial charge in [-0.2, -0.15) is 0 Å². The van der Waals surface area contributed by atoms with Crippen LogP contribution >= 0.6 is 7.52 Å². The maximum Gasteiger partial charge on any atom is 0.323 e. The maximum atomic E-state index is 12.9. The quantitative estimate of drug-likeness (QED) is 0.231. The molecule has 0 aliphatic rings. The van der Waals surface area contributed by atoms with E-state index >= 15 is 0 Å². The number of nitrogens with one attached hydrogen (secondary N) is 1. The third-order valence-corrected chi connectivity index (χ3v) is 5.00. The average molecular weight is 306 g/mol. The second-order valence-corrected chi connectivity index (χ2v) is 7.01. The lowest BCUT2D eigenvalue weighted by Gasteiger charge is -2.27. The van der Waals surface area contributed by atoms with Crippen LogP contribution in [0, 0.1) is 5.92 Å². The smallest absolute Gasteiger partial charge is 0.323 e. The van der Waals surface area contributed by atoms with Crippen LogP contribution < -0.4 is 5.09 Å². The number of esters is 1. The lowest BCUT2D eigenvalue weighted by Crippen LogP contribution is -2.36. The van der Waals surface area contributed by atoms with E-state index in [2.05, 4.69) is 19.9 Å². The van der Waals surface area contributed by atoms with Crippen LogP contribution in [0.3, 0.4) is 0 Å². The molecule has 1 N–H and O–H groups in total. The molecule has 0 aromatic rings. The molecule has 0 heterocycles. The highest BCUT2D eigenvalue weighted by atomic mass is 31.2. The summed E-state index contributed by atoms with van der Waals surface area (Å²) in [6.45, 7) is 7.20. The molecule has 3 unspecified atom stereocenters. The number of azide groups is 1. The summed E-state index contributed by atoms with van der Waals surface area (Å²) in [7, 11) is -2.25. The van der Waals surface area contributed by atoms with E-state index in [0.29, 0.717) is 6.42 Å². The van der Waals surface area contributed by atoms with Crippen molar-refractivity contribution in [3.05, 3.63) is 10.4 Å². The van der Waals surface area contributed by atoms with Gasteiger partial charge in [0.15, 0.2) is 0 Å². The van der Waals surface area contributed by atoms with E-state index in [9.17, 15) is 9.36 Å². The van der Waals surface area contributed by atoms with Gasteiger partial charge in [-0.3, -0.25) is 9.36 Å². The first-order valence-corrected chi connectivity index (χ1v) is 8.14. The van der Waals surface area contributed by atoms with Crippen LogP contribution in [0.1, 0.15) is 34.1 Å². The molecule has 0 aromatic heterocycles. The highest BCUT2D eigenvalue weighted by Gasteiger charge is 2.37. The van der Waals surface area contributed by atoms with Crippen molar-refractivity contribution in [2.75, 3.05) is 13.7 Å². The first-order valence-electron chi connectivity index (χ1n) is 6.44. The molecule has 0 amide bonds. The Kier molecular flexibility index (Phi) is 8.49. The molecule has 0 aliphatic carbocycles. The van der Waals surface area contributed by atoms with Crippen LogP contribution in [-0.4, -0.2) is 31.5 Å². The molecule has 0 radical (unpaired) electrons. The summed E-state index contributed by atoms with van der Waals surface area (Å²) in [5.74, 6) is -1.26. The number of methoxy groups -OCH3 is 1. The van der Waals surface area contributed by atoms with Crippen molar-refractivity contribution in [3.8, 4) is 0 Å². The Morgan fingerprint density at radius 3 is 2.45 bits per heavy atom. The number of nitrogens with zero attached hydrogens (tertiary/aromatic N) is 3. The molecule has 0 bridgehead atoms. The standard InChI is InChI=1S/C11H23N4O4P/c1-6-19-20(17,14-9(4)11(16)18-5)10(13-15-12)7-8(2)3/h8-10H,6-7H2,1-5H3,(H,14,17). The monoisotopic (exact) mass is 306 g/mol. The minimum Gasteiger partial charge on any atom is -0.468 e. The number of hydrogen-bond acceptors (Lipinski definition) is 5. The Balaban J connectivity index is 5.26. The van der Waals surface area contributed by atoms with Crippen LogP contribution in [0.5, 0.6) is 0 Å². The molecule has 0 aromatic carbocycles. The van der Waals surface area contributed by atoms with Crippen molar-refractivity contribution in [2.45, 2.75) is 45.9 Å². The molecule has 20 heavy (non-hydrogen) atoms. The third kappa shape index (κ3) is 5.92. The predicted molar refractivity (Wildman–Crippen MR) is 76.2 cm³/mol. The largest absolute Gasteiger partial charge is 0.468 e. The second kappa shape index (κ2) is 8.97. The third-order valence-electron chi connectivity index (χ3n) is 2.51. The van der Waals surface area contributed by atoms with Crippen LogP contribution in [0.4, 0.5) is 0 Å². The Hall–Kier alpha value is -1.07. The molecule has 8 nitrogen and oxygen atoms in total. The van der Waals surface area contributed by atoms with Gasteiger partial charge >= 0.3 is 5.97 Å². The summed E-state index contributed by atoms with van der Waals surface area (Å²) in [6, 6.07) is -0.819. The van der Waals surface area contributed by atoms with E-state index in [0.717, 1.165) is 0 Å². The molecule has 0 saturated carbocycles. The minimum absolute atomic E-state index is 0.162. The van der Waals surface area contributed by atoms with Crippen molar-refractivity contribution < 1.29 is 18.6 Å². The molecule has 0 aliphatic heterocycles. The lowest BCUT2D eigenvalue weighted by atomic mass is 10.1. The Labute approximate surface area is 119 Å². The Bertz CT molecular complexity index is 409. The molecule has 0 spiro atoms. The van der Waals surface area contributed by atoms with Crippen molar-refractivity contribution in [2.24, 2.45) is 11.0 Å². The first kappa shape index (κ1) is 18.9. The Morgan fingerprint density at radius 2 is 2.05 bits per heavy atom. The van der Waals surface area contributed by atoms with Gasteiger partial charge in [0, 0.05) is 4.91 Å². The molecule has 9 heteroatoms. The van der Waals surface area contributed by atoms with E-state index in [1.54, 1.807) is 6.92 Å². The zero-order valence-electron chi connectivity index (χ0n) is 12.6. The van der Waals surface area contributed by atoms with Gasteiger partial charge in [-0.1, -0.05) is 19.0 Å². The van der Waals surface area contributed by atoms with Gasteiger partial charge < -0.3 is 9.26 Å². The summed E-state index contributed by atoms with van der Waals surface area (Å²) < 4.78 is 22.7. The molecule has 0 fully saturated rings. The summed E-state index contributed by atoms with van der Waals surface area (Å²) in [5.41, 5.74) is 8.63. The summed E-state index contributed by atoms with van der Waals surface area (Å²) in [4.78, 5) is 14.2. The maximum absolute atomic E-state index is 12.9. The van der Waals surface area contributed by atoms with E-state index in [1.807, 2.05) is 13.8 Å². The first-order chi connectivity index (χ1) is 9.30. The predicted octanol–water partition coefficient (Wildman–Crippen LogP) is 3.05. The van der Waals surface area contributed by atoms with Gasteiger partial charge in [0.2, 0.25) is 0 Å². The zero-order chi connectivity index (χ0) is 15.8. The fourth-order valence-corrected chi connectivity index (χ4v) is 3.96. The van der Waals surface area contributed by atoms with Gasteiger partial charge in [-0.25, -0.2) is 5.09 Å². The van der Waals surface area contributed by atoms with Crippen LogP contribution in [-0.2, 0) is 18.6 Å². The number of carbonyl (C=O) groups excluding carboxylic acids is 1. The molecule has 0 rings (SSSR count). The van der Waals surface area contributed by atoms with Crippen molar-refractivity contribution >= 4 is 13.5 Å². The molecular weight excluding hydrogens is 283 g/mol. The SMILES string of the molecule is CCOP(=O)(NC(C)C(=O)OC)C(CC(C)C)N=[N+]=[N-]. The highest BCUT2D eigenvalue weighted by molar-refractivity contribution is 7.57. The molecule has 3 atom stereocenters. The number of ether oxygens (including phenoxy) is 1. The normalized spacial score (nSPS) is 16.9. The van der Waals surface area contributed by atoms with Gasteiger partial charge in [-0.15, -0.1) is 0 Å². The fraction of sp³-hybridized carbons (Fsp3) is 0.909. The van der Waals surface area contributed by atoms with Crippen molar-refractivity contribution in [1.29, 1.82) is 0 Å². The topological polar surface area (TPSA) is 113 Å². The molecular formula is C11H23N4O4P. The Morgan fingerprint density at radius 1 is 1.45 bits per heavy atom. The molecule has 116 valence electrons. The van der Waals surface area contributed by atoms with Crippen LogP contribution in [0.25, 0.3) is 10.4 Å². The fourth-order valence-electron chi connectivity index (χ4n) is 1.64. The van der Waals surface area contributed by atoms with Gasteiger partial charge in [0.05, 0.1) is 13.7 Å². The number of rotatable bonds is 9. The van der Waals surface area contributed by atoms with Crippen molar-refractivity contribution in [3.63, 3.8) is 0 Å². The van der Waals surface area contributed by atoms with Crippen LogP contribution in [0.2, 0.25) is 0 Å². The summed E-state index contributed by atoms with van der Waals surface area (Å²) >= 11 is 0. The van der Waals surface area contributed by atoms with Gasteiger partial charge in [0.1, 0.15) is 11.8 Å². The van der Waals surface area contributed by atoms with E-state index in [1.165, 1.54) is 14.0 Å². The van der Waals surface area contributed by atoms with E-state index in [-0.39, 0.29) is 12.5 Å². The minimum atomic E-state index is -3.49. The number of carbonyl (C=O) groups is 1. The average Bonchev–Trinajstić information content (AvgIpc) is 2.36. The van der Waals surface area contributed by atoms with Gasteiger partial charge in [0.25, 0.3) is 7.52 Å². The van der Waals surface area contributed by atoms with Crippen LogP contribution in [0.15, 0.2) is 5.11 Å². The number of hydrogen-bond donors (Lipinski definition) is 1. The van der Waals surface area contributed by atoms with E-state index in [4.69, 9.17) is 10.1 Å². The van der Waals surface area contributed by atoms with Crippen molar-refractivity contribution in [1.82, 2.24) is 5.09 Å². The van der Waals surface area contributed by atoms with Gasteiger partial charge in [-0.05, 0) is 31.7 Å². The lowest BCUT2D eigenvalue weighted by molar-refractivity contribution is -0.142. The zero-order valence-corrected chi connectivity index (χ0v) is 13.5. The summed E-state index contributed by atoms with van der Waals surface area (Å²) in [6.07, 6.45) is 0.391. The second-order valence-electron chi connectivity index (χ2n) is 4.70. The summed E-state index contributed by atoms with van der Waals surface area (Å²) in [5, 5.41) is 6.20. The van der Waals surface area contributed by atoms with E-state index < -0.39 is 25.3 Å². The highest BCUT2D eigenvalue weighted by Crippen LogP contribution is 2.51.